The van der Waals surface area contributed by atoms with Crippen molar-refractivity contribution >= 4 is 11.9 Å². The average Bonchev–Trinajstić information content (AvgIpc) is 2.54. The number of primary amides is 1. The maximum absolute atomic E-state index is 12.2. The molecule has 6 heteroatoms. The van der Waals surface area contributed by atoms with Gasteiger partial charge in [0.05, 0.1) is 5.92 Å². The van der Waals surface area contributed by atoms with Crippen LogP contribution in [-0.2, 0) is 17.8 Å². The molecule has 1 atom stereocenters. The number of amides is 3. The zero-order chi connectivity index (χ0) is 15.9. The van der Waals surface area contributed by atoms with Crippen LogP contribution in [0.4, 0.5) is 4.79 Å². The Kier molecular flexibility index (Phi) is 5.77. The number of piperidine rings is 1. The predicted octanol–water partition coefficient (Wildman–Crippen LogP) is 0.595. The van der Waals surface area contributed by atoms with Gasteiger partial charge in [0.15, 0.2) is 0 Å². The molecule has 0 aromatic heterocycles. The molecule has 0 spiro atoms. The number of carbonyl (C=O) groups excluding carboxylic acids is 2. The second-order valence-corrected chi connectivity index (χ2v) is 5.70. The van der Waals surface area contributed by atoms with Crippen molar-refractivity contribution in [3.8, 4) is 0 Å². The van der Waals surface area contributed by atoms with Gasteiger partial charge in [-0.2, -0.15) is 0 Å². The van der Waals surface area contributed by atoms with E-state index in [0.717, 1.165) is 24.8 Å². The highest BCUT2D eigenvalue weighted by Crippen LogP contribution is 2.16. The van der Waals surface area contributed by atoms with Gasteiger partial charge in [-0.05, 0) is 36.9 Å². The number of nitrogens with one attached hydrogen (secondary N) is 1. The lowest BCUT2D eigenvalue weighted by molar-refractivity contribution is -0.126. The Morgan fingerprint density at radius 1 is 1.23 bits per heavy atom. The summed E-state index contributed by atoms with van der Waals surface area (Å²) in [5.74, 6) is -0.185. The largest absolute Gasteiger partial charge is 0.352 e. The number of benzene rings is 1. The van der Waals surface area contributed by atoms with Crippen molar-refractivity contribution in [2.75, 3.05) is 19.6 Å². The highest BCUT2D eigenvalue weighted by Gasteiger charge is 2.27. The van der Waals surface area contributed by atoms with Crippen LogP contribution in [0.5, 0.6) is 0 Å². The van der Waals surface area contributed by atoms with Gasteiger partial charge in [0.2, 0.25) is 5.91 Å². The fourth-order valence-electron chi connectivity index (χ4n) is 2.72. The smallest absolute Gasteiger partial charge is 0.314 e. The number of hydrogen-bond acceptors (Lipinski definition) is 3. The highest BCUT2D eigenvalue weighted by molar-refractivity contribution is 5.80. The Hall–Kier alpha value is -2.08. The molecule has 0 saturated carbocycles. The van der Waals surface area contributed by atoms with Gasteiger partial charge in [-0.25, -0.2) is 4.79 Å². The molecule has 0 aliphatic carbocycles. The van der Waals surface area contributed by atoms with E-state index in [1.54, 1.807) is 0 Å². The molecule has 120 valence electrons. The van der Waals surface area contributed by atoms with Crippen LogP contribution in [0.25, 0.3) is 0 Å². The van der Waals surface area contributed by atoms with Gasteiger partial charge in [-0.1, -0.05) is 24.3 Å². The summed E-state index contributed by atoms with van der Waals surface area (Å²) in [6.45, 7) is 2.18. The van der Waals surface area contributed by atoms with Crippen LogP contribution in [0.3, 0.4) is 0 Å². The Morgan fingerprint density at radius 2 is 1.91 bits per heavy atom. The van der Waals surface area contributed by atoms with Crippen molar-refractivity contribution in [3.63, 3.8) is 0 Å². The van der Waals surface area contributed by atoms with E-state index in [1.807, 2.05) is 24.3 Å². The van der Waals surface area contributed by atoms with E-state index >= 15 is 0 Å². The van der Waals surface area contributed by atoms with Gasteiger partial charge >= 0.3 is 6.03 Å². The van der Waals surface area contributed by atoms with Crippen molar-refractivity contribution in [1.82, 2.24) is 10.2 Å². The molecule has 1 saturated heterocycles. The van der Waals surface area contributed by atoms with Gasteiger partial charge in [-0.15, -0.1) is 0 Å². The summed E-state index contributed by atoms with van der Waals surface area (Å²) in [6, 6.07) is 7.62. The fraction of sp³-hybridized carbons (Fsp3) is 0.500. The van der Waals surface area contributed by atoms with Gasteiger partial charge in [-0.3, -0.25) is 4.79 Å². The van der Waals surface area contributed by atoms with E-state index < -0.39 is 6.03 Å². The van der Waals surface area contributed by atoms with Crippen molar-refractivity contribution < 1.29 is 9.59 Å². The lowest BCUT2D eigenvalue weighted by Crippen LogP contribution is -2.47. The van der Waals surface area contributed by atoms with E-state index in [2.05, 4.69) is 5.32 Å². The molecule has 5 N–H and O–H groups in total. The minimum atomic E-state index is -0.451. The Morgan fingerprint density at radius 3 is 2.55 bits per heavy atom. The average molecular weight is 304 g/mol. The van der Waals surface area contributed by atoms with Crippen LogP contribution in [0.1, 0.15) is 24.0 Å². The molecule has 0 radical (unpaired) electrons. The van der Waals surface area contributed by atoms with E-state index in [1.165, 1.54) is 10.5 Å². The molecule has 0 bridgehead atoms. The third-order valence-corrected chi connectivity index (χ3v) is 4.03. The molecule has 3 amide bonds. The first kappa shape index (κ1) is 16.3. The maximum atomic E-state index is 12.2. The van der Waals surface area contributed by atoms with Crippen LogP contribution in [0, 0.1) is 5.92 Å². The summed E-state index contributed by atoms with van der Waals surface area (Å²) in [7, 11) is 0. The minimum Gasteiger partial charge on any atom is -0.352 e. The number of hydrogen-bond donors (Lipinski definition) is 3. The van der Waals surface area contributed by atoms with Crippen molar-refractivity contribution in [1.29, 1.82) is 0 Å². The van der Waals surface area contributed by atoms with Gasteiger partial charge in [0, 0.05) is 19.6 Å². The molecule has 1 aromatic rings. The SMILES string of the molecule is NCCc1ccc(CNC(=O)C2CCCN(C(N)=O)C2)cc1. The predicted molar refractivity (Wildman–Crippen MR) is 84.9 cm³/mol. The van der Waals surface area contributed by atoms with E-state index in [9.17, 15) is 9.59 Å². The first-order valence-corrected chi connectivity index (χ1v) is 7.70. The number of nitrogens with two attached hydrogens (primary N) is 2. The first-order chi connectivity index (χ1) is 10.6. The number of carbonyl (C=O) groups is 2. The Balaban J connectivity index is 1.83. The third-order valence-electron chi connectivity index (χ3n) is 4.03. The molecule has 22 heavy (non-hydrogen) atoms. The van der Waals surface area contributed by atoms with Crippen molar-refractivity contribution in [2.45, 2.75) is 25.8 Å². The number of urea groups is 1. The monoisotopic (exact) mass is 304 g/mol. The minimum absolute atomic E-state index is 0.0167. The second kappa shape index (κ2) is 7.79. The molecular formula is C16H24N4O2. The van der Waals surface area contributed by atoms with Crippen molar-refractivity contribution in [3.05, 3.63) is 35.4 Å². The summed E-state index contributed by atoms with van der Waals surface area (Å²) >= 11 is 0. The number of nitrogens with zero attached hydrogens (tertiary/aromatic N) is 1. The molecule has 1 fully saturated rings. The van der Waals surface area contributed by atoms with E-state index in [-0.39, 0.29) is 11.8 Å². The summed E-state index contributed by atoms with van der Waals surface area (Å²) in [4.78, 5) is 24.9. The Bertz CT molecular complexity index is 515. The van der Waals surface area contributed by atoms with E-state index in [4.69, 9.17) is 11.5 Å². The normalized spacial score (nSPS) is 18.0. The van der Waals surface area contributed by atoms with Gasteiger partial charge < -0.3 is 21.7 Å². The second-order valence-electron chi connectivity index (χ2n) is 5.70. The molecule has 1 heterocycles. The van der Waals surface area contributed by atoms with Gasteiger partial charge in [0.1, 0.15) is 0 Å². The lowest BCUT2D eigenvalue weighted by Gasteiger charge is -2.30. The van der Waals surface area contributed by atoms with Crippen LogP contribution in [0.2, 0.25) is 0 Å². The third kappa shape index (κ3) is 4.46. The summed E-state index contributed by atoms with van der Waals surface area (Å²) in [5.41, 5.74) is 13.0. The van der Waals surface area contributed by atoms with Gasteiger partial charge in [0.25, 0.3) is 0 Å². The van der Waals surface area contributed by atoms with Crippen LogP contribution in [0.15, 0.2) is 24.3 Å². The molecule has 1 aromatic carbocycles. The van der Waals surface area contributed by atoms with E-state index in [0.29, 0.717) is 26.2 Å². The molecular weight excluding hydrogens is 280 g/mol. The molecule has 1 aliphatic heterocycles. The van der Waals surface area contributed by atoms with Crippen LogP contribution < -0.4 is 16.8 Å². The maximum Gasteiger partial charge on any atom is 0.314 e. The first-order valence-electron chi connectivity index (χ1n) is 7.70. The lowest BCUT2D eigenvalue weighted by atomic mass is 9.97. The van der Waals surface area contributed by atoms with Crippen molar-refractivity contribution in [2.24, 2.45) is 17.4 Å². The number of rotatable bonds is 5. The van der Waals surface area contributed by atoms with Crippen LogP contribution >= 0.6 is 0 Å². The molecule has 1 unspecified atom stereocenters. The Labute approximate surface area is 130 Å². The molecule has 1 aliphatic rings. The standard InChI is InChI=1S/C16H24N4O2/c17-8-7-12-3-5-13(6-4-12)10-19-15(21)14-2-1-9-20(11-14)16(18)22/h3-6,14H,1-2,7-11,17H2,(H2,18,22)(H,19,21). The number of likely N-dealkylation sites (tertiary alicyclic amines) is 1. The fourth-order valence-corrected chi connectivity index (χ4v) is 2.72. The highest BCUT2D eigenvalue weighted by atomic mass is 16.2. The van der Waals surface area contributed by atoms with Crippen LogP contribution in [-0.4, -0.2) is 36.5 Å². The molecule has 2 rings (SSSR count). The zero-order valence-corrected chi connectivity index (χ0v) is 12.8. The topological polar surface area (TPSA) is 101 Å². The quantitative estimate of drug-likeness (QED) is 0.742. The summed E-state index contributed by atoms with van der Waals surface area (Å²) < 4.78 is 0. The summed E-state index contributed by atoms with van der Waals surface area (Å²) in [6.07, 6.45) is 2.47. The molecule has 6 nitrogen and oxygen atoms in total. The zero-order valence-electron chi connectivity index (χ0n) is 12.8. The summed E-state index contributed by atoms with van der Waals surface area (Å²) in [5, 5.41) is 2.94.